The van der Waals surface area contributed by atoms with Gasteiger partial charge in [-0.2, -0.15) is 0 Å². The van der Waals surface area contributed by atoms with E-state index in [4.69, 9.17) is 20.4 Å². The number of aliphatic hydroxyl groups excluding tert-OH is 3. The highest BCUT2D eigenvalue weighted by Gasteiger charge is 2.47. The van der Waals surface area contributed by atoms with Crippen LogP contribution in [0.5, 0.6) is 0 Å². The van der Waals surface area contributed by atoms with Gasteiger partial charge in [-0.05, 0) is 0 Å². The predicted octanol–water partition coefficient (Wildman–Crippen LogP) is -2.15. The topological polar surface area (TPSA) is 107 Å². The van der Waals surface area contributed by atoms with E-state index in [-0.39, 0.29) is 0 Å². The maximum absolute atomic E-state index is 12.6. The molecule has 1 heterocycles. The average molecular weight is 196 g/mol. The molecule has 13 heavy (non-hydrogen) atoms. The Balaban J connectivity index is 2.76. The normalized spacial score (nSPS) is 46.0. The molecule has 76 valence electrons. The van der Waals surface area contributed by atoms with Crippen molar-refractivity contribution in [3.63, 3.8) is 0 Å². The van der Waals surface area contributed by atoms with Gasteiger partial charge in [-0.3, -0.25) is 0 Å². The van der Waals surface area contributed by atoms with Crippen molar-refractivity contribution in [2.45, 2.75) is 30.8 Å². The van der Waals surface area contributed by atoms with E-state index in [2.05, 4.69) is 4.74 Å². The van der Waals surface area contributed by atoms with Gasteiger partial charge < -0.3 is 25.2 Å². The fraction of sp³-hybridized carbons (Fsp3) is 0.833. The van der Waals surface area contributed by atoms with Crippen LogP contribution in [-0.2, 0) is 9.53 Å². The van der Waals surface area contributed by atoms with Gasteiger partial charge in [-0.1, -0.05) is 0 Å². The van der Waals surface area contributed by atoms with Crippen molar-refractivity contribution < 1.29 is 34.3 Å². The van der Waals surface area contributed by atoms with E-state index in [1.807, 2.05) is 0 Å². The highest BCUT2D eigenvalue weighted by atomic mass is 19.1. The number of aliphatic carboxylic acids is 1. The summed E-state index contributed by atoms with van der Waals surface area (Å²) in [5.41, 5.74) is 0. The second-order valence-electron chi connectivity index (χ2n) is 2.72. The second kappa shape index (κ2) is 3.54. The minimum Gasteiger partial charge on any atom is -0.479 e. The number of carboxylic acids is 1. The number of ether oxygens (including phenoxy) is 1. The van der Waals surface area contributed by atoms with Gasteiger partial charge in [0, 0.05) is 0 Å². The number of hydrogen-bond donors (Lipinski definition) is 4. The number of halogens is 1. The van der Waals surface area contributed by atoms with Gasteiger partial charge in [-0.25, -0.2) is 9.18 Å². The van der Waals surface area contributed by atoms with Crippen LogP contribution in [0.4, 0.5) is 4.39 Å². The van der Waals surface area contributed by atoms with Crippen molar-refractivity contribution in [1.82, 2.24) is 0 Å². The van der Waals surface area contributed by atoms with E-state index < -0.39 is 36.7 Å². The summed E-state index contributed by atoms with van der Waals surface area (Å²) in [6.45, 7) is 0. The van der Waals surface area contributed by atoms with Crippen LogP contribution in [-0.4, -0.2) is 57.2 Å². The molecule has 0 aromatic heterocycles. The molecule has 1 rings (SSSR count). The summed E-state index contributed by atoms with van der Waals surface area (Å²) in [6.07, 6.45) is -9.78. The molecule has 5 unspecified atom stereocenters. The number of hydrogen-bond acceptors (Lipinski definition) is 5. The molecular formula is C6H9FO6. The minimum absolute atomic E-state index is 1.60. The molecule has 0 bridgehead atoms. The Hall–Kier alpha value is -0.760. The molecule has 4 N–H and O–H groups in total. The van der Waals surface area contributed by atoms with Gasteiger partial charge in [0.15, 0.2) is 6.10 Å². The lowest BCUT2D eigenvalue weighted by molar-refractivity contribution is -0.257. The Morgan fingerprint density at radius 1 is 1.15 bits per heavy atom. The summed E-state index contributed by atoms with van der Waals surface area (Å²) >= 11 is 0. The van der Waals surface area contributed by atoms with Gasteiger partial charge in [0.25, 0.3) is 0 Å². The highest BCUT2D eigenvalue weighted by Crippen LogP contribution is 2.21. The number of aliphatic hydroxyl groups is 3. The Labute approximate surface area is 72.2 Å². The first-order chi connectivity index (χ1) is 5.95. The molecule has 0 radical (unpaired) electrons. The summed E-state index contributed by atoms with van der Waals surface area (Å²) in [7, 11) is 0. The molecule has 0 spiro atoms. The SMILES string of the molecule is O=C(O)C1OC(F)C(O)C(O)C1O. The van der Waals surface area contributed by atoms with Crippen molar-refractivity contribution in [2.75, 3.05) is 0 Å². The third kappa shape index (κ3) is 1.78. The van der Waals surface area contributed by atoms with Crippen molar-refractivity contribution in [3.8, 4) is 0 Å². The van der Waals surface area contributed by atoms with Crippen molar-refractivity contribution in [3.05, 3.63) is 0 Å². The molecule has 1 fully saturated rings. The molecule has 0 aliphatic carbocycles. The average Bonchev–Trinajstić information content (AvgIpc) is 2.07. The quantitative estimate of drug-likeness (QED) is 0.381. The fourth-order valence-electron chi connectivity index (χ4n) is 1.04. The van der Waals surface area contributed by atoms with E-state index in [1.165, 1.54) is 0 Å². The maximum Gasteiger partial charge on any atom is 0.335 e. The van der Waals surface area contributed by atoms with Gasteiger partial charge in [0.05, 0.1) is 0 Å². The van der Waals surface area contributed by atoms with Crippen LogP contribution in [0, 0.1) is 0 Å². The molecule has 5 atom stereocenters. The molecule has 0 saturated carbocycles. The lowest BCUT2D eigenvalue weighted by atomic mass is 10.00. The van der Waals surface area contributed by atoms with Crippen LogP contribution in [0.3, 0.4) is 0 Å². The molecule has 1 aliphatic heterocycles. The van der Waals surface area contributed by atoms with Gasteiger partial charge in [0.1, 0.15) is 18.3 Å². The number of rotatable bonds is 1. The Kier molecular flexibility index (Phi) is 2.81. The standard InChI is InChI=1S/C6H9FO6/c7-5-3(10)1(8)2(9)4(13-5)6(11)12/h1-5,8-10H,(H,11,12). The Morgan fingerprint density at radius 2 is 1.69 bits per heavy atom. The largest absolute Gasteiger partial charge is 0.479 e. The Morgan fingerprint density at radius 3 is 2.15 bits per heavy atom. The maximum atomic E-state index is 12.6. The highest BCUT2D eigenvalue weighted by molar-refractivity contribution is 5.73. The zero-order valence-electron chi connectivity index (χ0n) is 6.37. The summed E-state index contributed by atoms with van der Waals surface area (Å²) in [5, 5.41) is 35.2. The second-order valence-corrected chi connectivity index (χ2v) is 2.72. The summed E-state index contributed by atoms with van der Waals surface area (Å²) in [6, 6.07) is 0. The molecular weight excluding hydrogens is 187 g/mol. The lowest BCUT2D eigenvalue weighted by Crippen LogP contribution is -2.58. The van der Waals surface area contributed by atoms with Crippen LogP contribution < -0.4 is 0 Å². The predicted molar refractivity (Wildman–Crippen MR) is 35.4 cm³/mol. The number of carboxylic acid groups (broad SMARTS) is 1. The van der Waals surface area contributed by atoms with E-state index in [0.29, 0.717) is 0 Å². The van der Waals surface area contributed by atoms with Gasteiger partial charge in [-0.15, -0.1) is 0 Å². The minimum atomic E-state index is -2.31. The fourth-order valence-corrected chi connectivity index (χ4v) is 1.04. The molecule has 0 aromatic carbocycles. The summed E-state index contributed by atoms with van der Waals surface area (Å²) in [4.78, 5) is 10.3. The summed E-state index contributed by atoms with van der Waals surface area (Å²) in [5.74, 6) is -1.60. The van der Waals surface area contributed by atoms with Crippen molar-refractivity contribution in [1.29, 1.82) is 0 Å². The first kappa shape index (κ1) is 10.3. The molecule has 7 heteroatoms. The van der Waals surface area contributed by atoms with E-state index in [9.17, 15) is 9.18 Å². The van der Waals surface area contributed by atoms with E-state index in [1.54, 1.807) is 0 Å². The molecule has 0 aromatic rings. The van der Waals surface area contributed by atoms with Crippen LogP contribution in [0.25, 0.3) is 0 Å². The summed E-state index contributed by atoms with van der Waals surface area (Å²) < 4.78 is 16.7. The molecule has 0 amide bonds. The zero-order valence-corrected chi connectivity index (χ0v) is 6.37. The van der Waals surface area contributed by atoms with Gasteiger partial charge >= 0.3 is 5.97 Å². The monoisotopic (exact) mass is 196 g/mol. The number of alkyl halides is 1. The van der Waals surface area contributed by atoms with Crippen LogP contribution in [0.2, 0.25) is 0 Å². The third-order valence-electron chi connectivity index (χ3n) is 1.80. The molecule has 1 saturated heterocycles. The van der Waals surface area contributed by atoms with Crippen LogP contribution in [0.15, 0.2) is 0 Å². The molecule has 6 nitrogen and oxygen atoms in total. The van der Waals surface area contributed by atoms with Crippen molar-refractivity contribution in [2.24, 2.45) is 0 Å². The lowest BCUT2D eigenvalue weighted by Gasteiger charge is -2.34. The van der Waals surface area contributed by atoms with Crippen molar-refractivity contribution >= 4 is 5.97 Å². The van der Waals surface area contributed by atoms with Crippen LogP contribution >= 0.6 is 0 Å². The van der Waals surface area contributed by atoms with Crippen LogP contribution in [0.1, 0.15) is 0 Å². The van der Waals surface area contributed by atoms with E-state index >= 15 is 0 Å². The zero-order chi connectivity index (χ0) is 10.2. The van der Waals surface area contributed by atoms with Gasteiger partial charge in [0.2, 0.25) is 6.36 Å². The number of carbonyl (C=O) groups is 1. The van der Waals surface area contributed by atoms with E-state index in [0.717, 1.165) is 0 Å². The first-order valence-corrected chi connectivity index (χ1v) is 3.51. The third-order valence-corrected chi connectivity index (χ3v) is 1.80. The Bertz CT molecular complexity index is 209. The smallest absolute Gasteiger partial charge is 0.335 e. The first-order valence-electron chi connectivity index (χ1n) is 3.51. The molecule has 1 aliphatic rings.